The third kappa shape index (κ3) is 5.41. The third-order valence-corrected chi connectivity index (χ3v) is 5.17. The molecule has 2 aliphatic rings. The fraction of sp³-hybridized carbons (Fsp3) is 0.579. The number of aliphatic hydroxyl groups excluding tert-OH is 1. The average molecular weight is 376 g/mol. The Bertz CT molecular complexity index is 634. The van der Waals surface area contributed by atoms with Gasteiger partial charge in [0.25, 0.3) is 0 Å². The summed E-state index contributed by atoms with van der Waals surface area (Å²) in [5, 5.41) is 19.4. The predicted octanol–water partition coefficient (Wildman–Crippen LogP) is 0.537. The van der Waals surface area contributed by atoms with Crippen LogP contribution in [0.5, 0.6) is 0 Å². The number of hydrogen-bond donors (Lipinski definition) is 4. The molecule has 1 aromatic carbocycles. The molecule has 0 spiro atoms. The molecule has 0 unspecified atom stereocenters. The molecule has 2 fully saturated rings. The van der Waals surface area contributed by atoms with E-state index in [1.165, 1.54) is 0 Å². The van der Waals surface area contributed by atoms with E-state index in [-0.39, 0.29) is 30.6 Å². The largest absolute Gasteiger partial charge is 0.389 e. The van der Waals surface area contributed by atoms with E-state index in [1.807, 2.05) is 23.1 Å². The third-order valence-electron chi connectivity index (χ3n) is 5.17. The molecule has 0 aromatic heterocycles. The normalized spacial score (nSPS) is 26.0. The van der Waals surface area contributed by atoms with Crippen molar-refractivity contribution >= 4 is 17.6 Å². The number of ether oxygens (including phenoxy) is 1. The van der Waals surface area contributed by atoms with Crippen molar-refractivity contribution in [3.05, 3.63) is 30.3 Å². The summed E-state index contributed by atoms with van der Waals surface area (Å²) in [5.41, 5.74) is 0.708. The molecule has 1 aromatic rings. The van der Waals surface area contributed by atoms with Crippen LogP contribution in [0.2, 0.25) is 0 Å². The molecule has 3 rings (SSSR count). The molecule has 0 bridgehead atoms. The zero-order chi connectivity index (χ0) is 19.2. The number of urea groups is 1. The van der Waals surface area contributed by atoms with Crippen LogP contribution in [0.25, 0.3) is 0 Å². The zero-order valence-corrected chi connectivity index (χ0v) is 15.6. The Morgan fingerprint density at radius 1 is 1.22 bits per heavy atom. The maximum absolute atomic E-state index is 12.0. The molecule has 0 aliphatic carbocycles. The highest BCUT2D eigenvalue weighted by molar-refractivity contribution is 5.89. The van der Waals surface area contributed by atoms with E-state index < -0.39 is 12.2 Å². The van der Waals surface area contributed by atoms with Crippen molar-refractivity contribution in [3.8, 4) is 0 Å². The number of piperidine rings is 1. The molecule has 0 saturated carbocycles. The first kappa shape index (κ1) is 19.6. The molecular formula is C19H28N4O4. The van der Waals surface area contributed by atoms with Gasteiger partial charge in [-0.25, -0.2) is 4.79 Å². The maximum Gasteiger partial charge on any atom is 0.319 e. The Kier molecular flexibility index (Phi) is 6.65. The number of anilines is 1. The number of benzene rings is 1. The van der Waals surface area contributed by atoms with Gasteiger partial charge in [-0.3, -0.25) is 4.79 Å². The Balaban J connectivity index is 1.39. The minimum absolute atomic E-state index is 0.109. The molecule has 27 heavy (non-hydrogen) atoms. The number of hydrogen-bond acceptors (Lipinski definition) is 5. The van der Waals surface area contributed by atoms with E-state index in [0.717, 1.165) is 25.9 Å². The van der Waals surface area contributed by atoms with Crippen LogP contribution in [-0.2, 0) is 9.53 Å². The van der Waals surface area contributed by atoms with Crippen LogP contribution in [0.3, 0.4) is 0 Å². The molecular weight excluding hydrogens is 348 g/mol. The van der Waals surface area contributed by atoms with Gasteiger partial charge in [0.2, 0.25) is 5.91 Å². The summed E-state index contributed by atoms with van der Waals surface area (Å²) in [4.78, 5) is 25.2. The summed E-state index contributed by atoms with van der Waals surface area (Å²) in [5.74, 6) is 0.109. The molecule has 148 valence electrons. The molecule has 2 saturated heterocycles. The summed E-state index contributed by atoms with van der Waals surface area (Å²) in [7, 11) is 0. The first-order chi connectivity index (χ1) is 13.0. The first-order valence-corrected chi connectivity index (χ1v) is 9.44. The fourth-order valence-corrected chi connectivity index (χ4v) is 3.56. The lowest BCUT2D eigenvalue weighted by molar-refractivity contribution is -0.129. The quantitative estimate of drug-likeness (QED) is 0.601. The van der Waals surface area contributed by atoms with Crippen LogP contribution in [0.15, 0.2) is 30.3 Å². The molecule has 4 N–H and O–H groups in total. The van der Waals surface area contributed by atoms with E-state index >= 15 is 0 Å². The number of nitrogens with zero attached hydrogens (tertiary/aromatic N) is 1. The SMILES string of the molecule is CC(=O)N1CCC(N[C@@H]2CO[C@H](CNC(=O)Nc3ccccc3)[C@H]2O)CC1. The Morgan fingerprint density at radius 3 is 2.59 bits per heavy atom. The monoisotopic (exact) mass is 376 g/mol. The number of nitrogens with one attached hydrogen (secondary N) is 3. The lowest BCUT2D eigenvalue weighted by Crippen LogP contribution is -2.52. The van der Waals surface area contributed by atoms with Crippen LogP contribution in [0.1, 0.15) is 19.8 Å². The highest BCUT2D eigenvalue weighted by Crippen LogP contribution is 2.18. The fourth-order valence-electron chi connectivity index (χ4n) is 3.56. The molecule has 0 radical (unpaired) electrons. The first-order valence-electron chi connectivity index (χ1n) is 9.44. The number of carbonyl (C=O) groups excluding carboxylic acids is 2. The molecule has 2 aliphatic heterocycles. The number of carbonyl (C=O) groups is 2. The number of likely N-dealkylation sites (tertiary alicyclic amines) is 1. The van der Waals surface area contributed by atoms with Gasteiger partial charge in [-0.1, -0.05) is 18.2 Å². The second-order valence-corrected chi connectivity index (χ2v) is 7.12. The van der Waals surface area contributed by atoms with Crippen LogP contribution in [0, 0.1) is 0 Å². The highest BCUT2D eigenvalue weighted by atomic mass is 16.5. The van der Waals surface area contributed by atoms with Crippen LogP contribution in [0.4, 0.5) is 10.5 Å². The van der Waals surface area contributed by atoms with E-state index in [0.29, 0.717) is 12.3 Å². The van der Waals surface area contributed by atoms with Crippen LogP contribution in [-0.4, -0.2) is 72.5 Å². The maximum atomic E-state index is 12.0. The van der Waals surface area contributed by atoms with Gasteiger partial charge < -0.3 is 30.7 Å². The van der Waals surface area contributed by atoms with Crippen molar-refractivity contribution in [1.82, 2.24) is 15.5 Å². The molecule has 3 atom stereocenters. The zero-order valence-electron chi connectivity index (χ0n) is 15.6. The lowest BCUT2D eigenvalue weighted by Gasteiger charge is -2.33. The molecule has 8 heteroatoms. The topological polar surface area (TPSA) is 103 Å². The van der Waals surface area contributed by atoms with Gasteiger partial charge >= 0.3 is 6.03 Å². The van der Waals surface area contributed by atoms with Gasteiger partial charge in [0, 0.05) is 38.3 Å². The summed E-state index contributed by atoms with van der Waals surface area (Å²) >= 11 is 0. The number of amides is 3. The minimum Gasteiger partial charge on any atom is -0.389 e. The number of rotatable bonds is 5. The standard InChI is InChI=1S/C19H28N4O4/c1-13(24)23-9-7-15(8-10-23)21-16-12-27-17(18(16)25)11-20-19(26)22-14-5-3-2-4-6-14/h2-6,15-18,21,25H,7-12H2,1H3,(H2,20,22,26)/t16-,17-,18+/m1/s1. The number of para-hydroxylation sites is 1. The van der Waals surface area contributed by atoms with Crippen LogP contribution >= 0.6 is 0 Å². The van der Waals surface area contributed by atoms with Gasteiger partial charge in [0.15, 0.2) is 0 Å². The molecule has 3 amide bonds. The van der Waals surface area contributed by atoms with Crippen molar-refractivity contribution in [2.75, 3.05) is 31.6 Å². The Morgan fingerprint density at radius 2 is 1.93 bits per heavy atom. The van der Waals surface area contributed by atoms with Crippen molar-refractivity contribution in [2.24, 2.45) is 0 Å². The van der Waals surface area contributed by atoms with Gasteiger partial charge in [0.05, 0.1) is 18.8 Å². The van der Waals surface area contributed by atoms with Crippen molar-refractivity contribution in [1.29, 1.82) is 0 Å². The van der Waals surface area contributed by atoms with Gasteiger partial charge in [0.1, 0.15) is 6.10 Å². The number of aliphatic hydroxyl groups is 1. The van der Waals surface area contributed by atoms with E-state index in [4.69, 9.17) is 4.74 Å². The Hall–Kier alpha value is -2.16. The smallest absolute Gasteiger partial charge is 0.319 e. The summed E-state index contributed by atoms with van der Waals surface area (Å²) in [6, 6.07) is 8.94. The minimum atomic E-state index is -0.687. The van der Waals surface area contributed by atoms with E-state index in [9.17, 15) is 14.7 Å². The second kappa shape index (κ2) is 9.16. The van der Waals surface area contributed by atoms with Crippen LogP contribution < -0.4 is 16.0 Å². The molecule has 2 heterocycles. The van der Waals surface area contributed by atoms with Gasteiger partial charge in [-0.2, -0.15) is 0 Å². The summed E-state index contributed by atoms with van der Waals surface area (Å²) in [6.07, 6.45) is 0.602. The van der Waals surface area contributed by atoms with Crippen molar-refractivity contribution in [3.63, 3.8) is 0 Å². The predicted molar refractivity (Wildman–Crippen MR) is 101 cm³/mol. The van der Waals surface area contributed by atoms with E-state index in [2.05, 4.69) is 16.0 Å². The van der Waals surface area contributed by atoms with Gasteiger partial charge in [-0.15, -0.1) is 0 Å². The van der Waals surface area contributed by atoms with E-state index in [1.54, 1.807) is 19.1 Å². The Labute approximate surface area is 159 Å². The van der Waals surface area contributed by atoms with Crippen molar-refractivity contribution in [2.45, 2.75) is 44.1 Å². The highest BCUT2D eigenvalue weighted by Gasteiger charge is 2.37. The molecule has 8 nitrogen and oxygen atoms in total. The van der Waals surface area contributed by atoms with Crippen molar-refractivity contribution < 1.29 is 19.4 Å². The summed E-state index contributed by atoms with van der Waals surface area (Å²) in [6.45, 7) is 3.71. The average Bonchev–Trinajstić information content (AvgIpc) is 3.01. The lowest BCUT2D eigenvalue weighted by atomic mass is 10.0. The van der Waals surface area contributed by atoms with Gasteiger partial charge in [-0.05, 0) is 25.0 Å². The second-order valence-electron chi connectivity index (χ2n) is 7.12. The summed E-state index contributed by atoms with van der Waals surface area (Å²) < 4.78 is 5.66.